The van der Waals surface area contributed by atoms with E-state index in [1.807, 2.05) is 6.92 Å². The lowest BCUT2D eigenvalue weighted by molar-refractivity contribution is -0.132. The van der Waals surface area contributed by atoms with E-state index in [1.54, 1.807) is 25.1 Å². The molecule has 0 unspecified atom stereocenters. The summed E-state index contributed by atoms with van der Waals surface area (Å²) in [5.41, 5.74) is 1.65. The lowest BCUT2D eigenvalue weighted by atomic mass is 9.94. The Balaban J connectivity index is 1.70. The minimum absolute atomic E-state index is 0.0120. The Bertz CT molecular complexity index is 1650. The van der Waals surface area contributed by atoms with E-state index in [2.05, 4.69) is 27.5 Å². The Morgan fingerprint density at radius 2 is 2.07 bits per heavy atom. The van der Waals surface area contributed by atoms with Gasteiger partial charge < -0.3 is 24.4 Å². The number of hydrogen-bond acceptors (Lipinski definition) is 10. The molecule has 0 spiro atoms. The number of Topliss-reactive ketones (excluding diaryl/α,β-unsaturated/α-hetero) is 1. The van der Waals surface area contributed by atoms with Crippen molar-refractivity contribution in [2.45, 2.75) is 32.4 Å². The molecule has 1 fully saturated rings. The van der Waals surface area contributed by atoms with E-state index < -0.39 is 23.7 Å². The van der Waals surface area contributed by atoms with Gasteiger partial charge in [0.2, 0.25) is 0 Å². The molecule has 12 heteroatoms. The van der Waals surface area contributed by atoms with Crippen molar-refractivity contribution in [2.75, 3.05) is 18.6 Å². The fourth-order valence-corrected chi connectivity index (χ4v) is 6.30. The van der Waals surface area contributed by atoms with E-state index in [1.165, 1.54) is 25.3 Å². The number of ketones is 1. The van der Waals surface area contributed by atoms with Gasteiger partial charge >= 0.3 is 11.9 Å². The number of anilines is 1. The van der Waals surface area contributed by atoms with Gasteiger partial charge in [-0.3, -0.25) is 14.5 Å². The van der Waals surface area contributed by atoms with Crippen LogP contribution in [0.1, 0.15) is 45.0 Å². The molecule has 2 atom stereocenters. The van der Waals surface area contributed by atoms with Gasteiger partial charge in [-0.1, -0.05) is 24.0 Å². The fourth-order valence-electron chi connectivity index (χ4n) is 4.85. The van der Waals surface area contributed by atoms with Crippen molar-refractivity contribution in [1.29, 1.82) is 0 Å². The Labute approximate surface area is 247 Å². The van der Waals surface area contributed by atoms with Gasteiger partial charge in [-0.2, -0.15) is 0 Å². The number of phenols is 1. The zero-order chi connectivity index (χ0) is 29.6. The van der Waals surface area contributed by atoms with Crippen LogP contribution in [0.4, 0.5) is 5.13 Å². The molecule has 3 heterocycles. The van der Waals surface area contributed by atoms with Gasteiger partial charge in [-0.25, -0.2) is 9.78 Å². The number of ether oxygens (including phenoxy) is 3. The number of aromatic nitrogens is 1. The summed E-state index contributed by atoms with van der Waals surface area (Å²) in [6, 6.07) is 6.87. The number of methoxy groups -OCH3 is 1. The van der Waals surface area contributed by atoms with Crippen LogP contribution in [0.2, 0.25) is 0 Å². The lowest BCUT2D eigenvalue weighted by Gasteiger charge is -2.24. The second-order valence-electron chi connectivity index (χ2n) is 9.48. The van der Waals surface area contributed by atoms with Crippen LogP contribution in [0.15, 0.2) is 53.0 Å². The highest BCUT2D eigenvalue weighted by Gasteiger charge is 2.49. The number of fused-ring (bicyclic) bond motifs is 1. The summed E-state index contributed by atoms with van der Waals surface area (Å²) in [6.07, 6.45) is 2.02. The van der Waals surface area contributed by atoms with Crippen molar-refractivity contribution in [3.63, 3.8) is 0 Å². The maximum Gasteiger partial charge on any atom is 0.350 e. The molecule has 0 radical (unpaired) electrons. The number of aromatic hydroxyl groups is 1. The molecule has 2 aliphatic heterocycles. The Kier molecular flexibility index (Phi) is 7.62. The minimum atomic E-state index is -1.17. The van der Waals surface area contributed by atoms with Crippen LogP contribution in [-0.2, 0) is 20.7 Å². The number of carbonyl (C=O) groups is 3. The molecule has 2 N–H and O–H groups in total. The summed E-state index contributed by atoms with van der Waals surface area (Å²) in [7, 11) is 1.36. The normalized spacial score (nSPS) is 19.2. The van der Waals surface area contributed by atoms with Gasteiger partial charge in [-0.05, 0) is 71.2 Å². The first-order chi connectivity index (χ1) is 19.5. The Morgan fingerprint density at radius 3 is 2.78 bits per heavy atom. The highest BCUT2D eigenvalue weighted by molar-refractivity contribution is 9.10. The molecule has 5 rings (SSSR count). The van der Waals surface area contributed by atoms with Crippen molar-refractivity contribution in [3.8, 4) is 17.2 Å². The smallest absolute Gasteiger partial charge is 0.350 e. The molecule has 2 aliphatic rings. The topological polar surface area (TPSA) is 135 Å². The number of aliphatic hydroxyl groups is 1. The van der Waals surface area contributed by atoms with E-state index in [4.69, 9.17) is 14.2 Å². The molecule has 3 aromatic rings. The highest BCUT2D eigenvalue weighted by Crippen LogP contribution is 2.47. The molecule has 0 saturated carbocycles. The van der Waals surface area contributed by atoms with E-state index in [-0.39, 0.29) is 50.0 Å². The molecule has 10 nitrogen and oxygen atoms in total. The molecule has 1 aromatic heterocycles. The summed E-state index contributed by atoms with van der Waals surface area (Å²) < 4.78 is 16.5. The predicted molar refractivity (Wildman–Crippen MR) is 155 cm³/mol. The van der Waals surface area contributed by atoms with Crippen LogP contribution >= 0.6 is 27.3 Å². The zero-order valence-electron chi connectivity index (χ0n) is 22.3. The minimum Gasteiger partial charge on any atom is -0.507 e. The van der Waals surface area contributed by atoms with Gasteiger partial charge in [0.05, 0.1) is 28.9 Å². The van der Waals surface area contributed by atoms with Gasteiger partial charge in [0.1, 0.15) is 29.1 Å². The number of esters is 1. The fraction of sp³-hybridized carbons (Fsp3) is 0.241. The first kappa shape index (κ1) is 28.4. The number of thiazole rings is 1. The molecule has 41 heavy (non-hydrogen) atoms. The van der Waals surface area contributed by atoms with E-state index >= 15 is 0 Å². The van der Waals surface area contributed by atoms with E-state index in [0.717, 1.165) is 21.8 Å². The maximum absolute atomic E-state index is 13.6. The average molecular weight is 641 g/mol. The number of rotatable bonds is 7. The number of aliphatic hydroxyl groups excluding tert-OH is 1. The van der Waals surface area contributed by atoms with Gasteiger partial charge in [-0.15, -0.1) is 0 Å². The monoisotopic (exact) mass is 640 g/mol. The molecule has 212 valence electrons. The van der Waals surface area contributed by atoms with Gasteiger partial charge in [0.15, 0.2) is 16.6 Å². The van der Waals surface area contributed by atoms with Crippen LogP contribution in [0.3, 0.4) is 0 Å². The number of hydrogen-bond donors (Lipinski definition) is 2. The second kappa shape index (κ2) is 11.0. The third kappa shape index (κ3) is 4.97. The maximum atomic E-state index is 13.6. The molecular weight excluding hydrogens is 616 g/mol. The largest absolute Gasteiger partial charge is 0.507 e. The highest BCUT2D eigenvalue weighted by atomic mass is 79.9. The standard InChI is InChI=1S/C29H25BrN2O8S/c1-5-8-39-28(37)26-14(3)31-29(41-26)32-22(17-11-18(30)24(34)20(12-17)38-4)21(25(35)27(32)36)23(33)15-6-7-19-16(10-15)9-13(2)40-19/h5-7,10-13,22,33-34H,1,8-9H2,2-4H3/t13-,22-/m1/s1. The molecule has 1 amide bonds. The molecule has 1 saturated heterocycles. The van der Waals surface area contributed by atoms with Crippen molar-refractivity contribution in [3.05, 3.63) is 80.3 Å². The van der Waals surface area contributed by atoms with Gasteiger partial charge in [0.25, 0.3) is 5.78 Å². The first-order valence-electron chi connectivity index (χ1n) is 12.5. The predicted octanol–water partition coefficient (Wildman–Crippen LogP) is 5.22. The Morgan fingerprint density at radius 1 is 1.32 bits per heavy atom. The number of phenolic OH excluding ortho intramolecular Hbond substituents is 1. The SMILES string of the molecule is C=CCOC(=O)c1sc(N2C(=O)C(=O)C(=C(O)c3ccc4c(c3)C[C@@H](C)O4)[C@H]2c2cc(Br)c(O)c(OC)c2)nc1C. The Hall–Kier alpha value is -4.16. The third-order valence-electron chi connectivity index (χ3n) is 6.71. The summed E-state index contributed by atoms with van der Waals surface area (Å²) in [6.45, 7) is 7.04. The summed E-state index contributed by atoms with van der Waals surface area (Å²) in [5.74, 6) is -2.34. The lowest BCUT2D eigenvalue weighted by Crippen LogP contribution is -2.29. The van der Waals surface area contributed by atoms with Crippen LogP contribution in [0.5, 0.6) is 17.2 Å². The summed E-state index contributed by atoms with van der Waals surface area (Å²) in [5, 5.41) is 22.0. The van der Waals surface area contributed by atoms with Crippen molar-refractivity contribution in [1.82, 2.24) is 4.98 Å². The van der Waals surface area contributed by atoms with Crippen LogP contribution < -0.4 is 14.4 Å². The van der Waals surface area contributed by atoms with Crippen molar-refractivity contribution < 1.29 is 38.8 Å². The third-order valence-corrected chi connectivity index (χ3v) is 8.45. The number of carbonyl (C=O) groups excluding carboxylic acids is 3. The molecule has 0 bridgehead atoms. The summed E-state index contributed by atoms with van der Waals surface area (Å²) >= 11 is 4.18. The number of halogens is 1. The first-order valence-corrected chi connectivity index (χ1v) is 14.1. The van der Waals surface area contributed by atoms with Crippen LogP contribution in [0.25, 0.3) is 5.76 Å². The number of benzene rings is 2. The molecule has 0 aliphatic carbocycles. The average Bonchev–Trinajstić information content (AvgIpc) is 3.60. The van der Waals surface area contributed by atoms with Crippen LogP contribution in [-0.4, -0.2) is 52.7 Å². The van der Waals surface area contributed by atoms with Crippen molar-refractivity contribution >= 4 is 55.8 Å². The van der Waals surface area contributed by atoms with Gasteiger partial charge in [0, 0.05) is 12.0 Å². The number of nitrogens with zero attached hydrogens (tertiary/aromatic N) is 2. The van der Waals surface area contributed by atoms with E-state index in [9.17, 15) is 24.6 Å². The van der Waals surface area contributed by atoms with Crippen LogP contribution in [0, 0.1) is 6.92 Å². The zero-order valence-corrected chi connectivity index (χ0v) is 24.7. The summed E-state index contributed by atoms with van der Waals surface area (Å²) in [4.78, 5) is 45.5. The second-order valence-corrected chi connectivity index (χ2v) is 11.3. The number of aryl methyl sites for hydroxylation is 1. The number of amides is 1. The van der Waals surface area contributed by atoms with E-state index in [0.29, 0.717) is 29.0 Å². The van der Waals surface area contributed by atoms with Crippen molar-refractivity contribution in [2.24, 2.45) is 0 Å². The molecule has 2 aromatic carbocycles. The quantitative estimate of drug-likeness (QED) is 0.117. The molecular formula is C29H25BrN2O8S.